The lowest BCUT2D eigenvalue weighted by Gasteiger charge is -2.55. The number of rotatable bonds is 38. The fraction of sp³-hybridized carbons (Fsp3) is 0.604. The van der Waals surface area contributed by atoms with Gasteiger partial charge in [-0.2, -0.15) is 15.1 Å². The summed E-state index contributed by atoms with van der Waals surface area (Å²) in [7, 11) is -4.27. The first kappa shape index (κ1) is 64.5. The van der Waals surface area contributed by atoms with Gasteiger partial charge in [0.15, 0.2) is 23.5 Å². The van der Waals surface area contributed by atoms with Gasteiger partial charge in [-0.3, -0.25) is 14.2 Å². The zero-order valence-corrected chi connectivity index (χ0v) is 47.9. The molecule has 0 saturated carbocycles. The average Bonchev–Trinajstić information content (AvgIpc) is 1.81. The molecule has 1 unspecified atom stereocenters. The Kier molecular flexibility index (Phi) is 25.2. The summed E-state index contributed by atoms with van der Waals surface area (Å²) >= 11 is 6.45. The van der Waals surface area contributed by atoms with Gasteiger partial charge in [-0.15, -0.1) is 5.10 Å². The van der Waals surface area contributed by atoms with E-state index >= 15 is 0 Å². The first-order valence-corrected chi connectivity index (χ1v) is 29.7. The maximum atomic E-state index is 13.7. The van der Waals surface area contributed by atoms with Crippen molar-refractivity contribution in [2.75, 3.05) is 150 Å². The van der Waals surface area contributed by atoms with Crippen LogP contribution in [0.4, 0.5) is 19.0 Å². The molecule has 1 amide bonds. The summed E-state index contributed by atoms with van der Waals surface area (Å²) in [6, 6.07) is 7.99. The van der Waals surface area contributed by atoms with E-state index in [1.54, 1.807) is 46.0 Å². The molecule has 3 aliphatic heterocycles. The van der Waals surface area contributed by atoms with E-state index in [2.05, 4.69) is 35.0 Å². The van der Waals surface area contributed by atoms with Crippen molar-refractivity contribution in [2.24, 2.45) is 5.41 Å². The van der Waals surface area contributed by atoms with Crippen molar-refractivity contribution in [3.05, 3.63) is 82.8 Å². The number of anilines is 1. The second-order valence-corrected chi connectivity index (χ2v) is 21.8. The molecular formula is C53H70ClF3N9O17P. The van der Waals surface area contributed by atoms with E-state index in [9.17, 15) is 27.3 Å². The zero-order chi connectivity index (χ0) is 59.2. The Hall–Kier alpha value is -5.50. The van der Waals surface area contributed by atoms with Crippen LogP contribution in [-0.4, -0.2) is 212 Å². The third kappa shape index (κ3) is 20.3. The standard InChI is InChI=1S/C53H70ClF3N9O17P/c54-52-59-49(43-30-58-66(50(43)60-52)46-7-6-42(82-46)33-80-37-84(69,70)71)64-35-53(36-64)9-1-10-63(34-53)51(68)38-2-4-41(5-3-38)81-27-26-78-23-22-76-20-21-77-24-25-79-32-40-31-65(62-61-40)11-13-73-15-17-75-19-18-74-16-14-72-12-8-47(67)83-48-44(56)28-39(55)29-45(48)57/h2-5,28-31,42,46H,1,6-27,32-37H2,(H2,69,70,71)/t42?,46-/m1/s1. The second-order valence-electron chi connectivity index (χ2n) is 19.9. The van der Waals surface area contributed by atoms with Crippen LogP contribution in [0.5, 0.6) is 11.5 Å². The molecule has 0 aliphatic carbocycles. The molecule has 3 aliphatic rings. The molecule has 6 heterocycles. The van der Waals surface area contributed by atoms with Crippen molar-refractivity contribution in [1.82, 2.24) is 39.6 Å². The van der Waals surface area contributed by atoms with Crippen LogP contribution in [0.1, 0.15) is 54.4 Å². The summed E-state index contributed by atoms with van der Waals surface area (Å²) < 4.78 is 121. The van der Waals surface area contributed by atoms with E-state index in [-0.39, 0.29) is 62.2 Å². The Morgan fingerprint density at radius 1 is 0.762 bits per heavy atom. The molecule has 0 bridgehead atoms. The second kappa shape index (κ2) is 32.9. The summed E-state index contributed by atoms with van der Waals surface area (Å²) in [6.45, 7) is 8.73. The maximum Gasteiger partial charge on any atom is 0.350 e. The van der Waals surface area contributed by atoms with E-state index in [0.717, 1.165) is 18.2 Å². The third-order valence-electron chi connectivity index (χ3n) is 13.4. The number of hydrogen-bond donors (Lipinski definition) is 2. The lowest BCUT2D eigenvalue weighted by Crippen LogP contribution is -2.64. The minimum Gasteiger partial charge on any atom is -0.491 e. The highest BCUT2D eigenvalue weighted by Gasteiger charge is 2.48. The first-order chi connectivity index (χ1) is 40.7. The van der Waals surface area contributed by atoms with Crippen molar-refractivity contribution in [3.63, 3.8) is 0 Å². The average molecular weight is 1230 g/mol. The molecule has 31 heteroatoms. The molecule has 3 fully saturated rings. The summed E-state index contributed by atoms with van der Waals surface area (Å²) in [5.74, 6) is -4.35. The molecule has 84 heavy (non-hydrogen) atoms. The van der Waals surface area contributed by atoms with Gasteiger partial charge in [0.1, 0.15) is 36.0 Å². The number of likely N-dealkylation sites (tertiary alicyclic amines) is 1. The Morgan fingerprint density at radius 2 is 1.38 bits per heavy atom. The van der Waals surface area contributed by atoms with Crippen LogP contribution < -0.4 is 14.4 Å². The SMILES string of the molecule is O=C(CCOCCOCCOCCOCCn1cc(COCCOCCOCCOCCOc2ccc(C(=O)N3CCCC4(C3)CN(c3nc(Cl)nc5c3cnn5[C@H]3CCC(COCP(=O)(O)O)O3)C4)cc2)nn1)Oc1c(F)cc(F)cc1F. The molecular weight excluding hydrogens is 1160 g/mol. The van der Waals surface area contributed by atoms with Crippen LogP contribution >= 0.6 is 19.2 Å². The quantitative estimate of drug-likeness (QED) is 0.0177. The van der Waals surface area contributed by atoms with Gasteiger partial charge in [0, 0.05) is 49.3 Å². The van der Waals surface area contributed by atoms with Gasteiger partial charge in [0.2, 0.25) is 11.0 Å². The van der Waals surface area contributed by atoms with Crippen LogP contribution in [0.25, 0.3) is 11.0 Å². The lowest BCUT2D eigenvalue weighted by molar-refractivity contribution is -0.136. The van der Waals surface area contributed by atoms with E-state index in [0.29, 0.717) is 172 Å². The minimum atomic E-state index is -4.27. The molecule has 3 aromatic heterocycles. The van der Waals surface area contributed by atoms with Crippen LogP contribution in [0, 0.1) is 22.9 Å². The molecule has 1 spiro atoms. The number of fused-ring (bicyclic) bond motifs is 1. The highest BCUT2D eigenvalue weighted by molar-refractivity contribution is 7.51. The van der Waals surface area contributed by atoms with Gasteiger partial charge in [-0.1, -0.05) is 5.21 Å². The molecule has 26 nitrogen and oxygen atoms in total. The number of hydrogen-bond acceptors (Lipinski definition) is 21. The number of nitrogens with zero attached hydrogens (tertiary/aromatic N) is 9. The van der Waals surface area contributed by atoms with Crippen LogP contribution in [0.2, 0.25) is 5.28 Å². The van der Waals surface area contributed by atoms with Crippen LogP contribution in [0.15, 0.2) is 48.8 Å². The van der Waals surface area contributed by atoms with Gasteiger partial charge in [0.25, 0.3) is 5.91 Å². The van der Waals surface area contributed by atoms with Crippen molar-refractivity contribution >= 4 is 47.9 Å². The van der Waals surface area contributed by atoms with Gasteiger partial charge in [-0.05, 0) is 61.5 Å². The predicted molar refractivity (Wildman–Crippen MR) is 290 cm³/mol. The van der Waals surface area contributed by atoms with Crippen molar-refractivity contribution in [1.29, 1.82) is 0 Å². The summed E-state index contributed by atoms with van der Waals surface area (Å²) in [4.78, 5) is 56.8. The summed E-state index contributed by atoms with van der Waals surface area (Å²) in [6.07, 6.45) is 4.84. The molecule has 8 rings (SSSR count). The topological polar surface area (TPSA) is 283 Å². The van der Waals surface area contributed by atoms with E-state index in [1.165, 1.54) is 0 Å². The molecule has 2 aromatic carbocycles. The number of carbonyl (C=O) groups is 2. The number of amides is 1. The maximum absolute atomic E-state index is 13.7. The summed E-state index contributed by atoms with van der Waals surface area (Å²) in [5.41, 5.74) is 1.69. The summed E-state index contributed by atoms with van der Waals surface area (Å²) in [5, 5.41) is 13.6. The Morgan fingerprint density at radius 3 is 2.04 bits per heavy atom. The van der Waals surface area contributed by atoms with E-state index in [1.807, 2.05) is 4.90 Å². The third-order valence-corrected chi connectivity index (χ3v) is 14.1. The molecule has 0 radical (unpaired) electrons. The molecule has 462 valence electrons. The monoisotopic (exact) mass is 1230 g/mol. The van der Waals surface area contributed by atoms with Crippen molar-refractivity contribution < 1.29 is 94.0 Å². The van der Waals surface area contributed by atoms with Crippen LogP contribution in [0.3, 0.4) is 0 Å². The van der Waals surface area contributed by atoms with E-state index in [4.69, 9.17) is 73.5 Å². The number of aromatic nitrogens is 7. The smallest absolute Gasteiger partial charge is 0.350 e. The highest BCUT2D eigenvalue weighted by Crippen LogP contribution is 2.44. The normalized spacial score (nSPS) is 16.9. The van der Waals surface area contributed by atoms with Gasteiger partial charge >= 0.3 is 13.6 Å². The Bertz CT molecular complexity index is 2880. The highest BCUT2D eigenvalue weighted by atomic mass is 35.5. The first-order valence-electron chi connectivity index (χ1n) is 27.5. The Labute approximate surface area is 487 Å². The number of benzene rings is 2. The van der Waals surface area contributed by atoms with Crippen molar-refractivity contribution in [2.45, 2.75) is 57.6 Å². The number of esters is 1. The van der Waals surface area contributed by atoms with Crippen molar-refractivity contribution in [3.8, 4) is 11.5 Å². The Balaban J connectivity index is 0.579. The fourth-order valence-electron chi connectivity index (χ4n) is 9.49. The molecule has 5 aromatic rings. The van der Waals surface area contributed by atoms with Crippen LogP contribution in [-0.2, 0) is 69.9 Å². The number of halogens is 4. The lowest BCUT2D eigenvalue weighted by atomic mass is 9.73. The number of ether oxygens (including phenoxy) is 12. The van der Waals surface area contributed by atoms with Gasteiger partial charge in [-0.25, -0.2) is 22.5 Å². The minimum absolute atomic E-state index is 0.0314. The molecule has 2 atom stereocenters. The van der Waals surface area contributed by atoms with E-state index < -0.39 is 49.3 Å². The largest absolute Gasteiger partial charge is 0.491 e. The molecule has 3 saturated heterocycles. The predicted octanol–water partition coefficient (Wildman–Crippen LogP) is 4.77. The number of piperidine rings is 1. The zero-order valence-electron chi connectivity index (χ0n) is 46.3. The van der Waals surface area contributed by atoms with Gasteiger partial charge in [0.05, 0.1) is 149 Å². The number of carbonyl (C=O) groups excluding carboxylic acids is 2. The molecule has 2 N–H and O–H groups in total. The van der Waals surface area contributed by atoms with Gasteiger partial charge < -0.3 is 76.4 Å². The fourth-order valence-corrected chi connectivity index (χ4v) is 10.00.